The summed E-state index contributed by atoms with van der Waals surface area (Å²) in [5.74, 6) is 0.508. The smallest absolute Gasteiger partial charge is 0.0567 e. The summed E-state index contributed by atoms with van der Waals surface area (Å²) < 4.78 is 5.57. The van der Waals surface area contributed by atoms with Gasteiger partial charge in [0.05, 0.1) is 13.2 Å². The summed E-state index contributed by atoms with van der Waals surface area (Å²) in [6, 6.07) is 0. The van der Waals surface area contributed by atoms with Gasteiger partial charge >= 0.3 is 0 Å². The first-order chi connectivity index (χ1) is 6.25. The Bertz CT molecular complexity index is 275. The van der Waals surface area contributed by atoms with Gasteiger partial charge in [0.2, 0.25) is 0 Å². The molecule has 1 spiro atoms. The van der Waals surface area contributed by atoms with Gasteiger partial charge in [-0.15, -0.1) is 0 Å². The molecule has 2 rings (SSSR count). The molecule has 1 fully saturated rings. The second-order valence-corrected chi connectivity index (χ2v) is 4.14. The highest BCUT2D eigenvalue weighted by molar-refractivity contribution is 5.23. The second kappa shape index (κ2) is 3.15. The summed E-state index contributed by atoms with van der Waals surface area (Å²) in [6.45, 7) is 7.85. The Kier molecular flexibility index (Phi) is 2.12. The second-order valence-electron chi connectivity index (χ2n) is 4.14. The van der Waals surface area contributed by atoms with Gasteiger partial charge in [-0.25, -0.2) is 0 Å². The summed E-state index contributed by atoms with van der Waals surface area (Å²) in [4.78, 5) is 0. The van der Waals surface area contributed by atoms with Crippen molar-refractivity contribution >= 4 is 0 Å². The Balaban J connectivity index is 2.25. The van der Waals surface area contributed by atoms with Gasteiger partial charge in [0.15, 0.2) is 0 Å². The molecule has 1 nitrogen and oxygen atoms in total. The molecule has 0 aromatic rings. The van der Waals surface area contributed by atoms with E-state index in [0.717, 1.165) is 19.6 Å². The lowest BCUT2D eigenvalue weighted by molar-refractivity contribution is 0.170. The molecule has 0 radical (unpaired) electrons. The van der Waals surface area contributed by atoms with Crippen molar-refractivity contribution in [3.8, 4) is 0 Å². The fourth-order valence-electron chi connectivity index (χ4n) is 2.31. The fourth-order valence-corrected chi connectivity index (χ4v) is 2.31. The van der Waals surface area contributed by atoms with E-state index in [1.807, 2.05) is 0 Å². The number of hydrogen-bond acceptors (Lipinski definition) is 1. The van der Waals surface area contributed by atoms with Crippen molar-refractivity contribution < 1.29 is 4.74 Å². The van der Waals surface area contributed by atoms with E-state index in [1.165, 1.54) is 5.57 Å². The molecule has 0 aromatic heterocycles. The monoisotopic (exact) mass is 176 g/mol. The van der Waals surface area contributed by atoms with Gasteiger partial charge in [-0.2, -0.15) is 0 Å². The summed E-state index contributed by atoms with van der Waals surface area (Å²) in [5, 5.41) is 0. The maximum absolute atomic E-state index is 5.57. The first-order valence-electron chi connectivity index (χ1n) is 4.82. The zero-order valence-electron chi connectivity index (χ0n) is 8.12. The van der Waals surface area contributed by atoms with Gasteiger partial charge in [0.25, 0.3) is 0 Å². The Morgan fingerprint density at radius 3 is 3.00 bits per heavy atom. The highest BCUT2D eigenvalue weighted by atomic mass is 16.5. The Morgan fingerprint density at radius 1 is 1.54 bits per heavy atom. The van der Waals surface area contributed by atoms with Crippen LogP contribution in [0, 0.1) is 11.3 Å². The third kappa shape index (κ3) is 1.37. The molecular formula is C12H16O. The lowest BCUT2D eigenvalue weighted by Gasteiger charge is -2.31. The zero-order valence-corrected chi connectivity index (χ0v) is 8.12. The minimum absolute atomic E-state index is 0.223. The van der Waals surface area contributed by atoms with Crippen molar-refractivity contribution in [3.63, 3.8) is 0 Å². The predicted molar refractivity (Wildman–Crippen MR) is 54.5 cm³/mol. The van der Waals surface area contributed by atoms with E-state index >= 15 is 0 Å². The predicted octanol–water partition coefficient (Wildman–Crippen LogP) is 2.71. The van der Waals surface area contributed by atoms with Crippen LogP contribution in [0.1, 0.15) is 13.3 Å². The molecule has 1 heterocycles. The summed E-state index contributed by atoms with van der Waals surface area (Å²) in [6.07, 6.45) is 9.86. The zero-order chi connectivity index (χ0) is 9.31. The standard InChI is InChI=1S/C12H16O/c1-10(2)11-8-13-9-12(11)6-4-3-5-7-12/h3-6,11H,1,7-9H2,2H3. The van der Waals surface area contributed by atoms with Crippen molar-refractivity contribution in [2.75, 3.05) is 13.2 Å². The maximum atomic E-state index is 5.57. The van der Waals surface area contributed by atoms with Gasteiger partial charge in [0.1, 0.15) is 0 Å². The minimum atomic E-state index is 0.223. The molecule has 0 saturated carbocycles. The molecule has 0 amide bonds. The van der Waals surface area contributed by atoms with E-state index in [-0.39, 0.29) is 5.41 Å². The maximum Gasteiger partial charge on any atom is 0.0567 e. The normalized spacial score (nSPS) is 37.2. The topological polar surface area (TPSA) is 9.23 Å². The van der Waals surface area contributed by atoms with Gasteiger partial charge in [0, 0.05) is 11.3 Å². The highest BCUT2D eigenvalue weighted by Gasteiger charge is 2.41. The van der Waals surface area contributed by atoms with Gasteiger partial charge < -0.3 is 4.74 Å². The summed E-state index contributed by atoms with van der Waals surface area (Å²) >= 11 is 0. The van der Waals surface area contributed by atoms with Crippen LogP contribution in [0.5, 0.6) is 0 Å². The molecule has 0 aromatic carbocycles. The van der Waals surface area contributed by atoms with E-state index in [4.69, 9.17) is 4.74 Å². The third-order valence-electron chi connectivity index (χ3n) is 3.12. The summed E-state index contributed by atoms with van der Waals surface area (Å²) in [5.41, 5.74) is 1.47. The van der Waals surface area contributed by atoms with Crippen LogP contribution in [0.3, 0.4) is 0 Å². The van der Waals surface area contributed by atoms with Crippen LogP contribution in [-0.2, 0) is 4.74 Å². The molecule has 2 atom stereocenters. The summed E-state index contributed by atoms with van der Waals surface area (Å²) in [7, 11) is 0. The first-order valence-corrected chi connectivity index (χ1v) is 4.82. The molecule has 0 N–H and O–H groups in total. The van der Waals surface area contributed by atoms with E-state index in [9.17, 15) is 0 Å². The van der Waals surface area contributed by atoms with Crippen molar-refractivity contribution in [1.82, 2.24) is 0 Å². The molecule has 0 bridgehead atoms. The van der Waals surface area contributed by atoms with Crippen LogP contribution in [0.25, 0.3) is 0 Å². The van der Waals surface area contributed by atoms with Crippen LogP contribution >= 0.6 is 0 Å². The SMILES string of the molecule is C=C(C)C1COCC12C=CC=CC2. The van der Waals surface area contributed by atoms with Crippen LogP contribution in [0.2, 0.25) is 0 Å². The van der Waals surface area contributed by atoms with E-state index < -0.39 is 0 Å². The number of ether oxygens (including phenoxy) is 1. The highest BCUT2D eigenvalue weighted by Crippen LogP contribution is 2.44. The third-order valence-corrected chi connectivity index (χ3v) is 3.12. The van der Waals surface area contributed by atoms with Crippen LogP contribution in [-0.4, -0.2) is 13.2 Å². The Morgan fingerprint density at radius 2 is 2.38 bits per heavy atom. The molecular weight excluding hydrogens is 160 g/mol. The average Bonchev–Trinajstić information content (AvgIpc) is 2.50. The van der Waals surface area contributed by atoms with Crippen LogP contribution in [0.4, 0.5) is 0 Å². The quantitative estimate of drug-likeness (QED) is 0.558. The Hall–Kier alpha value is -0.820. The number of allylic oxidation sites excluding steroid dienone is 3. The molecule has 1 heteroatoms. The van der Waals surface area contributed by atoms with E-state index in [0.29, 0.717) is 5.92 Å². The van der Waals surface area contributed by atoms with E-state index in [1.54, 1.807) is 0 Å². The largest absolute Gasteiger partial charge is 0.380 e. The number of rotatable bonds is 1. The molecule has 70 valence electrons. The molecule has 13 heavy (non-hydrogen) atoms. The van der Waals surface area contributed by atoms with Crippen molar-refractivity contribution in [3.05, 3.63) is 36.5 Å². The van der Waals surface area contributed by atoms with Gasteiger partial charge in [-0.1, -0.05) is 36.5 Å². The molecule has 2 aliphatic rings. The van der Waals surface area contributed by atoms with E-state index in [2.05, 4.69) is 37.8 Å². The molecule has 2 unspecified atom stereocenters. The number of hydrogen-bond donors (Lipinski definition) is 0. The van der Waals surface area contributed by atoms with Crippen LogP contribution in [0.15, 0.2) is 36.5 Å². The van der Waals surface area contributed by atoms with Crippen molar-refractivity contribution in [2.45, 2.75) is 13.3 Å². The molecule has 1 aliphatic heterocycles. The lowest BCUT2D eigenvalue weighted by atomic mass is 9.71. The van der Waals surface area contributed by atoms with Gasteiger partial charge in [-0.05, 0) is 13.3 Å². The molecule has 1 aliphatic carbocycles. The first kappa shape index (κ1) is 8.76. The lowest BCUT2D eigenvalue weighted by Crippen LogP contribution is -2.28. The van der Waals surface area contributed by atoms with Crippen molar-refractivity contribution in [2.24, 2.45) is 11.3 Å². The Labute approximate surface area is 79.8 Å². The molecule has 1 saturated heterocycles. The van der Waals surface area contributed by atoms with Gasteiger partial charge in [-0.3, -0.25) is 0 Å². The fraction of sp³-hybridized carbons (Fsp3) is 0.500. The minimum Gasteiger partial charge on any atom is -0.380 e. The average molecular weight is 176 g/mol. The van der Waals surface area contributed by atoms with Crippen LogP contribution < -0.4 is 0 Å². The van der Waals surface area contributed by atoms with Crippen molar-refractivity contribution in [1.29, 1.82) is 0 Å².